The van der Waals surface area contributed by atoms with Gasteiger partial charge in [-0.15, -0.1) is 0 Å². The maximum absolute atomic E-state index is 13.0. The Kier molecular flexibility index (Phi) is 5.21. The van der Waals surface area contributed by atoms with Crippen molar-refractivity contribution in [2.45, 2.75) is 26.4 Å². The van der Waals surface area contributed by atoms with Crippen LogP contribution < -0.4 is 10.2 Å². The van der Waals surface area contributed by atoms with E-state index in [1.165, 1.54) is 18.2 Å². The summed E-state index contributed by atoms with van der Waals surface area (Å²) in [6, 6.07) is 7.37. The maximum Gasteiger partial charge on any atom is 0.282 e. The van der Waals surface area contributed by atoms with Crippen molar-refractivity contribution in [3.8, 4) is 0 Å². The fourth-order valence-corrected chi connectivity index (χ4v) is 2.28. The SMILES string of the molecule is Cc1ccc(C[NH+](C)[C@H](C)C(=O)Nc2ccc(F)cc2Cl)o1. The molecule has 0 radical (unpaired) electrons. The van der Waals surface area contributed by atoms with Gasteiger partial charge >= 0.3 is 0 Å². The predicted molar refractivity (Wildman–Crippen MR) is 83.5 cm³/mol. The predicted octanol–water partition coefficient (Wildman–Crippen LogP) is 2.42. The number of anilines is 1. The van der Waals surface area contributed by atoms with Crippen molar-refractivity contribution >= 4 is 23.2 Å². The van der Waals surface area contributed by atoms with Gasteiger partial charge in [-0.05, 0) is 44.2 Å². The van der Waals surface area contributed by atoms with Gasteiger partial charge in [-0.2, -0.15) is 0 Å². The number of hydrogen-bond donors (Lipinski definition) is 2. The molecule has 0 aliphatic rings. The molecule has 2 rings (SSSR count). The van der Waals surface area contributed by atoms with Crippen LogP contribution in [0.5, 0.6) is 0 Å². The lowest BCUT2D eigenvalue weighted by molar-refractivity contribution is -0.908. The Balaban J connectivity index is 1.98. The monoisotopic (exact) mass is 325 g/mol. The largest absolute Gasteiger partial charge is 0.460 e. The molecule has 4 nitrogen and oxygen atoms in total. The molecular formula is C16H19ClFN2O2+. The van der Waals surface area contributed by atoms with E-state index >= 15 is 0 Å². The number of furan rings is 1. The van der Waals surface area contributed by atoms with E-state index in [1.807, 2.05) is 33.0 Å². The van der Waals surface area contributed by atoms with E-state index < -0.39 is 5.82 Å². The molecule has 2 atom stereocenters. The highest BCUT2D eigenvalue weighted by atomic mass is 35.5. The van der Waals surface area contributed by atoms with Gasteiger partial charge in [0.05, 0.1) is 17.8 Å². The molecule has 0 fully saturated rings. The van der Waals surface area contributed by atoms with Crippen LogP contribution in [0.1, 0.15) is 18.4 Å². The van der Waals surface area contributed by atoms with Crippen molar-refractivity contribution < 1.29 is 18.5 Å². The lowest BCUT2D eigenvalue weighted by Gasteiger charge is -2.20. The third kappa shape index (κ3) is 4.08. The molecule has 0 saturated heterocycles. The second kappa shape index (κ2) is 6.94. The smallest absolute Gasteiger partial charge is 0.282 e. The molecule has 6 heteroatoms. The average Bonchev–Trinajstić information content (AvgIpc) is 2.86. The Morgan fingerprint density at radius 3 is 2.73 bits per heavy atom. The van der Waals surface area contributed by atoms with Gasteiger partial charge in [-0.1, -0.05) is 11.6 Å². The second-order valence-corrected chi connectivity index (χ2v) is 5.78. The van der Waals surface area contributed by atoms with E-state index in [-0.39, 0.29) is 17.0 Å². The third-order valence-electron chi connectivity index (χ3n) is 3.57. The number of aryl methyl sites for hydroxylation is 1. The molecule has 1 aromatic heterocycles. The Bertz CT molecular complexity index is 672. The van der Waals surface area contributed by atoms with E-state index in [4.69, 9.17) is 16.0 Å². The summed E-state index contributed by atoms with van der Waals surface area (Å²) in [5, 5.41) is 2.90. The summed E-state index contributed by atoms with van der Waals surface area (Å²) in [5.74, 6) is 1.05. The quantitative estimate of drug-likeness (QED) is 0.887. The summed E-state index contributed by atoms with van der Waals surface area (Å²) >= 11 is 5.91. The second-order valence-electron chi connectivity index (χ2n) is 5.37. The molecule has 0 bridgehead atoms. The number of hydrogen-bond acceptors (Lipinski definition) is 2. The van der Waals surface area contributed by atoms with Crippen LogP contribution in [0.25, 0.3) is 0 Å². The first-order chi connectivity index (χ1) is 10.4. The Labute approximate surface area is 133 Å². The Morgan fingerprint density at radius 2 is 2.14 bits per heavy atom. The number of carbonyl (C=O) groups excluding carboxylic acids is 1. The number of nitrogens with one attached hydrogen (secondary N) is 2. The van der Waals surface area contributed by atoms with Crippen LogP contribution >= 0.6 is 11.6 Å². The zero-order valence-electron chi connectivity index (χ0n) is 12.7. The first-order valence-corrected chi connectivity index (χ1v) is 7.38. The highest BCUT2D eigenvalue weighted by molar-refractivity contribution is 6.33. The Hall–Kier alpha value is -1.85. The van der Waals surface area contributed by atoms with Crippen molar-refractivity contribution in [3.05, 3.63) is 52.7 Å². The summed E-state index contributed by atoms with van der Waals surface area (Å²) in [6.45, 7) is 4.29. The number of rotatable bonds is 5. The number of amides is 1. The molecule has 118 valence electrons. The van der Waals surface area contributed by atoms with Crippen LogP contribution in [0.2, 0.25) is 5.02 Å². The topological polar surface area (TPSA) is 46.7 Å². The molecule has 1 unspecified atom stereocenters. The molecular weight excluding hydrogens is 307 g/mol. The molecule has 0 spiro atoms. The fraction of sp³-hybridized carbons (Fsp3) is 0.312. The van der Waals surface area contributed by atoms with Crippen molar-refractivity contribution in [3.63, 3.8) is 0 Å². The minimum absolute atomic E-state index is 0.180. The van der Waals surface area contributed by atoms with Crippen LogP contribution in [0, 0.1) is 12.7 Å². The van der Waals surface area contributed by atoms with Gasteiger partial charge in [0, 0.05) is 0 Å². The van der Waals surface area contributed by atoms with Crippen LogP contribution in [-0.4, -0.2) is 19.0 Å². The zero-order valence-corrected chi connectivity index (χ0v) is 13.5. The molecule has 0 aliphatic carbocycles. The van der Waals surface area contributed by atoms with Crippen LogP contribution in [0.3, 0.4) is 0 Å². The molecule has 2 aromatic rings. The number of likely N-dealkylation sites (N-methyl/N-ethyl adjacent to an activating group) is 1. The van der Waals surface area contributed by atoms with E-state index in [0.29, 0.717) is 12.2 Å². The molecule has 22 heavy (non-hydrogen) atoms. The average molecular weight is 326 g/mol. The summed E-state index contributed by atoms with van der Waals surface area (Å²) in [4.78, 5) is 13.2. The van der Waals surface area contributed by atoms with Crippen molar-refractivity contribution in [2.24, 2.45) is 0 Å². The first-order valence-electron chi connectivity index (χ1n) is 7.00. The molecule has 1 amide bonds. The van der Waals surface area contributed by atoms with Crippen molar-refractivity contribution in [2.75, 3.05) is 12.4 Å². The minimum atomic E-state index is -0.438. The lowest BCUT2D eigenvalue weighted by Crippen LogP contribution is -3.12. The summed E-state index contributed by atoms with van der Waals surface area (Å²) in [5.41, 5.74) is 0.404. The van der Waals surface area contributed by atoms with Crippen LogP contribution in [0.15, 0.2) is 34.7 Å². The highest BCUT2D eigenvalue weighted by Gasteiger charge is 2.23. The van der Waals surface area contributed by atoms with Gasteiger partial charge in [0.15, 0.2) is 11.8 Å². The molecule has 0 saturated carbocycles. The van der Waals surface area contributed by atoms with E-state index in [2.05, 4.69) is 5.32 Å². The van der Waals surface area contributed by atoms with Gasteiger partial charge in [-0.25, -0.2) is 4.39 Å². The minimum Gasteiger partial charge on any atom is -0.460 e. The summed E-state index contributed by atoms with van der Waals surface area (Å²) in [7, 11) is 1.91. The molecule has 1 aromatic carbocycles. The number of benzene rings is 1. The molecule has 0 aliphatic heterocycles. The van der Waals surface area contributed by atoms with Crippen molar-refractivity contribution in [1.29, 1.82) is 0 Å². The van der Waals surface area contributed by atoms with Crippen LogP contribution in [-0.2, 0) is 11.3 Å². The number of carbonyl (C=O) groups is 1. The van der Waals surface area contributed by atoms with E-state index in [1.54, 1.807) is 0 Å². The van der Waals surface area contributed by atoms with Gasteiger partial charge in [0.25, 0.3) is 5.91 Å². The third-order valence-corrected chi connectivity index (χ3v) is 3.88. The summed E-state index contributed by atoms with van der Waals surface area (Å²) < 4.78 is 18.5. The normalized spacial score (nSPS) is 13.7. The number of halogens is 2. The lowest BCUT2D eigenvalue weighted by atomic mass is 10.2. The van der Waals surface area contributed by atoms with Crippen LogP contribution in [0.4, 0.5) is 10.1 Å². The van der Waals surface area contributed by atoms with E-state index in [0.717, 1.165) is 16.4 Å². The molecule has 1 heterocycles. The molecule has 2 N–H and O–H groups in total. The van der Waals surface area contributed by atoms with E-state index in [9.17, 15) is 9.18 Å². The highest BCUT2D eigenvalue weighted by Crippen LogP contribution is 2.22. The zero-order chi connectivity index (χ0) is 16.3. The maximum atomic E-state index is 13.0. The standard InChI is InChI=1S/C16H18ClFN2O2/c1-10-4-6-13(22-10)9-20(3)11(2)16(21)19-15-7-5-12(18)8-14(15)17/h4-8,11H,9H2,1-3H3,(H,19,21)/p+1/t11-/m1/s1. The van der Waals surface area contributed by atoms with Crippen molar-refractivity contribution in [1.82, 2.24) is 0 Å². The Morgan fingerprint density at radius 1 is 1.41 bits per heavy atom. The summed E-state index contributed by atoms with van der Waals surface area (Å²) in [6.07, 6.45) is 0. The van der Waals surface area contributed by atoms with Gasteiger partial charge in [0.2, 0.25) is 0 Å². The van der Waals surface area contributed by atoms with Gasteiger partial charge in [0.1, 0.15) is 18.1 Å². The van der Waals surface area contributed by atoms with Gasteiger partial charge in [-0.3, -0.25) is 4.79 Å². The van der Waals surface area contributed by atoms with Gasteiger partial charge < -0.3 is 14.6 Å². The first kappa shape index (κ1) is 16.5. The fourth-order valence-electron chi connectivity index (χ4n) is 2.06. The number of quaternary nitrogens is 1.